The van der Waals surface area contributed by atoms with Crippen LogP contribution in [-0.4, -0.2) is 36.7 Å². The second-order valence-electron chi connectivity index (χ2n) is 5.13. The predicted molar refractivity (Wildman–Crippen MR) is 71.5 cm³/mol. The molecule has 1 atom stereocenters. The van der Waals surface area contributed by atoms with Gasteiger partial charge in [0, 0.05) is 7.05 Å². The molecule has 108 valence electrons. The summed E-state index contributed by atoms with van der Waals surface area (Å²) in [4.78, 5) is 24.9. The smallest absolute Gasteiger partial charge is 0.339 e. The van der Waals surface area contributed by atoms with Crippen LogP contribution in [0.15, 0.2) is 18.2 Å². The van der Waals surface area contributed by atoms with E-state index in [2.05, 4.69) is 4.74 Å². The summed E-state index contributed by atoms with van der Waals surface area (Å²) in [6.07, 6.45) is -1.39. The standard InChI is InChI=1S/C14H17NO5/c1-14(2)13(18)15(3)9-7-8(5-6-10(9)20-14)11(16)12(17)19-4/h5-7,11,16H,1-4H3. The van der Waals surface area contributed by atoms with Gasteiger partial charge in [0.05, 0.1) is 12.8 Å². The minimum atomic E-state index is -1.39. The summed E-state index contributed by atoms with van der Waals surface area (Å²) in [5.41, 5.74) is -0.0853. The van der Waals surface area contributed by atoms with Gasteiger partial charge in [-0.2, -0.15) is 0 Å². The first-order valence-electron chi connectivity index (χ1n) is 6.15. The van der Waals surface area contributed by atoms with E-state index in [1.165, 1.54) is 12.0 Å². The number of hydrogen-bond acceptors (Lipinski definition) is 5. The highest BCUT2D eigenvalue weighted by Gasteiger charge is 2.39. The Morgan fingerprint density at radius 3 is 2.70 bits per heavy atom. The lowest BCUT2D eigenvalue weighted by Crippen LogP contribution is -2.50. The van der Waals surface area contributed by atoms with Crippen molar-refractivity contribution in [2.75, 3.05) is 19.1 Å². The summed E-state index contributed by atoms with van der Waals surface area (Å²) < 4.78 is 10.1. The molecule has 1 N–H and O–H groups in total. The van der Waals surface area contributed by atoms with Gasteiger partial charge >= 0.3 is 5.97 Å². The largest absolute Gasteiger partial charge is 0.476 e. The Labute approximate surface area is 116 Å². The molecule has 0 fully saturated rings. The molecular weight excluding hydrogens is 262 g/mol. The van der Waals surface area contributed by atoms with E-state index in [4.69, 9.17) is 4.74 Å². The Morgan fingerprint density at radius 1 is 1.45 bits per heavy atom. The van der Waals surface area contributed by atoms with E-state index < -0.39 is 17.7 Å². The summed E-state index contributed by atoms with van der Waals surface area (Å²) in [5, 5.41) is 9.83. The molecule has 1 aromatic carbocycles. The number of ether oxygens (including phenoxy) is 2. The Hall–Kier alpha value is -2.08. The topological polar surface area (TPSA) is 76.1 Å². The molecule has 1 heterocycles. The minimum Gasteiger partial charge on any atom is -0.476 e. The SMILES string of the molecule is COC(=O)C(O)c1ccc2c(c1)N(C)C(=O)C(C)(C)O2. The Kier molecular flexibility index (Phi) is 3.43. The maximum absolute atomic E-state index is 12.1. The summed E-state index contributed by atoms with van der Waals surface area (Å²) in [7, 11) is 2.82. The third-order valence-corrected chi connectivity index (χ3v) is 3.27. The molecule has 0 aromatic heterocycles. The molecule has 0 spiro atoms. The molecule has 1 amide bonds. The van der Waals surface area contributed by atoms with Crippen LogP contribution in [0.2, 0.25) is 0 Å². The van der Waals surface area contributed by atoms with Crippen molar-refractivity contribution in [1.29, 1.82) is 0 Å². The van der Waals surface area contributed by atoms with E-state index in [-0.39, 0.29) is 5.91 Å². The maximum atomic E-state index is 12.1. The number of fused-ring (bicyclic) bond motifs is 1. The number of carbonyl (C=O) groups is 2. The van der Waals surface area contributed by atoms with E-state index in [1.54, 1.807) is 39.1 Å². The van der Waals surface area contributed by atoms with Gasteiger partial charge in [-0.05, 0) is 31.5 Å². The van der Waals surface area contributed by atoms with Gasteiger partial charge in [-0.1, -0.05) is 6.07 Å². The zero-order chi connectivity index (χ0) is 15.1. The van der Waals surface area contributed by atoms with Crippen molar-refractivity contribution >= 4 is 17.6 Å². The fraction of sp³-hybridized carbons (Fsp3) is 0.429. The highest BCUT2D eigenvalue weighted by molar-refractivity contribution is 6.02. The molecule has 2 rings (SSSR count). The molecule has 0 radical (unpaired) electrons. The molecule has 6 heteroatoms. The molecule has 1 aliphatic heterocycles. The first-order chi connectivity index (χ1) is 9.27. The predicted octanol–water partition coefficient (Wildman–Crippen LogP) is 1.03. The van der Waals surface area contributed by atoms with Gasteiger partial charge in [-0.25, -0.2) is 4.79 Å². The van der Waals surface area contributed by atoms with Crippen LogP contribution in [0.25, 0.3) is 0 Å². The molecule has 0 bridgehead atoms. The number of benzene rings is 1. The van der Waals surface area contributed by atoms with Gasteiger partial charge < -0.3 is 19.5 Å². The summed E-state index contributed by atoms with van der Waals surface area (Å²) in [6, 6.07) is 4.74. The minimum absolute atomic E-state index is 0.199. The lowest BCUT2D eigenvalue weighted by Gasteiger charge is -2.37. The highest BCUT2D eigenvalue weighted by atomic mass is 16.5. The number of likely N-dealkylation sites (N-methyl/N-ethyl adjacent to an activating group) is 1. The van der Waals surface area contributed by atoms with Crippen molar-refractivity contribution in [1.82, 2.24) is 0 Å². The van der Waals surface area contributed by atoms with Crippen molar-refractivity contribution < 1.29 is 24.2 Å². The van der Waals surface area contributed by atoms with E-state index in [9.17, 15) is 14.7 Å². The van der Waals surface area contributed by atoms with Crippen LogP contribution in [0.1, 0.15) is 25.5 Å². The molecular formula is C14H17NO5. The number of aliphatic hydroxyl groups excluding tert-OH is 1. The van der Waals surface area contributed by atoms with E-state index >= 15 is 0 Å². The lowest BCUT2D eigenvalue weighted by atomic mass is 10.0. The van der Waals surface area contributed by atoms with Crippen molar-refractivity contribution in [3.05, 3.63) is 23.8 Å². The summed E-state index contributed by atoms with van der Waals surface area (Å²) in [6.45, 7) is 3.37. The van der Waals surface area contributed by atoms with Crippen molar-refractivity contribution in [3.8, 4) is 5.75 Å². The van der Waals surface area contributed by atoms with Gasteiger partial charge in [0.15, 0.2) is 11.7 Å². The molecule has 0 saturated heterocycles. The monoisotopic (exact) mass is 279 g/mol. The Balaban J connectivity index is 2.43. The average Bonchev–Trinajstić information content (AvgIpc) is 2.42. The lowest BCUT2D eigenvalue weighted by molar-refractivity contribution is -0.150. The number of anilines is 1. The average molecular weight is 279 g/mol. The van der Waals surface area contributed by atoms with E-state index in [0.717, 1.165) is 0 Å². The number of rotatable bonds is 2. The summed E-state index contributed by atoms with van der Waals surface area (Å²) >= 11 is 0. The zero-order valence-corrected chi connectivity index (χ0v) is 11.8. The van der Waals surface area contributed by atoms with Gasteiger partial charge in [0.1, 0.15) is 5.75 Å². The van der Waals surface area contributed by atoms with Crippen LogP contribution in [0.4, 0.5) is 5.69 Å². The number of methoxy groups -OCH3 is 1. The molecule has 0 saturated carbocycles. The van der Waals surface area contributed by atoms with Gasteiger partial charge in [-0.15, -0.1) is 0 Å². The first-order valence-corrected chi connectivity index (χ1v) is 6.15. The highest BCUT2D eigenvalue weighted by Crippen LogP contribution is 2.38. The van der Waals surface area contributed by atoms with Crippen LogP contribution >= 0.6 is 0 Å². The van der Waals surface area contributed by atoms with Gasteiger partial charge in [-0.3, -0.25) is 4.79 Å². The molecule has 6 nitrogen and oxygen atoms in total. The Bertz CT molecular complexity index is 567. The van der Waals surface area contributed by atoms with Crippen LogP contribution in [0.3, 0.4) is 0 Å². The molecule has 1 unspecified atom stereocenters. The van der Waals surface area contributed by atoms with Crippen LogP contribution in [-0.2, 0) is 14.3 Å². The number of nitrogens with zero attached hydrogens (tertiary/aromatic N) is 1. The molecule has 0 aliphatic carbocycles. The number of hydrogen-bond donors (Lipinski definition) is 1. The number of amides is 1. The second kappa shape index (κ2) is 4.79. The number of esters is 1. The van der Waals surface area contributed by atoms with Crippen LogP contribution < -0.4 is 9.64 Å². The van der Waals surface area contributed by atoms with Crippen molar-refractivity contribution in [2.45, 2.75) is 25.6 Å². The van der Waals surface area contributed by atoms with Gasteiger partial charge in [0.25, 0.3) is 5.91 Å². The zero-order valence-electron chi connectivity index (χ0n) is 11.8. The van der Waals surface area contributed by atoms with Crippen LogP contribution in [0.5, 0.6) is 5.75 Å². The molecule has 20 heavy (non-hydrogen) atoms. The summed E-state index contributed by atoms with van der Waals surface area (Å²) in [5.74, 6) is -0.427. The van der Waals surface area contributed by atoms with E-state index in [1.807, 2.05) is 0 Å². The number of aliphatic hydroxyl groups is 1. The third kappa shape index (κ3) is 2.22. The second-order valence-corrected chi connectivity index (χ2v) is 5.13. The van der Waals surface area contributed by atoms with Crippen molar-refractivity contribution in [2.24, 2.45) is 0 Å². The number of carbonyl (C=O) groups excluding carboxylic acids is 2. The van der Waals surface area contributed by atoms with Crippen LogP contribution in [0, 0.1) is 0 Å². The van der Waals surface area contributed by atoms with Crippen molar-refractivity contribution in [3.63, 3.8) is 0 Å². The quantitative estimate of drug-likeness (QED) is 0.818. The first kappa shape index (κ1) is 14.3. The Morgan fingerprint density at radius 2 is 2.10 bits per heavy atom. The normalized spacial score (nSPS) is 18.1. The van der Waals surface area contributed by atoms with Gasteiger partial charge in [0.2, 0.25) is 0 Å². The third-order valence-electron chi connectivity index (χ3n) is 3.27. The fourth-order valence-corrected chi connectivity index (χ4v) is 2.13. The van der Waals surface area contributed by atoms with E-state index in [0.29, 0.717) is 17.0 Å². The molecule has 1 aliphatic rings. The molecule has 1 aromatic rings. The fourth-order valence-electron chi connectivity index (χ4n) is 2.13. The maximum Gasteiger partial charge on any atom is 0.339 e.